The van der Waals surface area contributed by atoms with Crippen LogP contribution in [0.3, 0.4) is 0 Å². The highest BCUT2D eigenvalue weighted by Crippen LogP contribution is 2.70. The molecule has 0 spiro atoms. The van der Waals surface area contributed by atoms with Crippen molar-refractivity contribution >= 4 is 0 Å². The van der Waals surface area contributed by atoms with E-state index in [1.807, 2.05) is 6.92 Å². The molecule has 5 saturated heterocycles. The van der Waals surface area contributed by atoms with Gasteiger partial charge in [-0.05, 0) is 91.8 Å². The molecule has 73 heavy (non-hydrogen) atoms. The number of aliphatic hydroxyl groups is 14. The fourth-order valence-corrected chi connectivity index (χ4v) is 14.8. The summed E-state index contributed by atoms with van der Waals surface area (Å²) < 4.78 is 52.9. The quantitative estimate of drug-likeness (QED) is 0.0711. The number of hydrogen-bond donors (Lipinski definition) is 14. The molecule has 2 unspecified atom stereocenters. The lowest BCUT2D eigenvalue weighted by Crippen LogP contribution is -2.66. The number of hydrogen-bond acceptors (Lipinski definition) is 23. The Morgan fingerprint density at radius 3 is 2.01 bits per heavy atom. The van der Waals surface area contributed by atoms with Crippen molar-refractivity contribution in [3.8, 4) is 0 Å². The topological polar surface area (TPSA) is 366 Å². The lowest BCUT2D eigenvalue weighted by molar-refractivity contribution is -0.377. The molecule has 14 N–H and O–H groups in total. The van der Waals surface area contributed by atoms with Crippen LogP contribution in [0.2, 0.25) is 0 Å². The van der Waals surface area contributed by atoms with Crippen molar-refractivity contribution in [1.82, 2.24) is 0 Å². The number of aliphatic hydroxyl groups excluding tert-OH is 13. The second-order valence-corrected chi connectivity index (χ2v) is 23.4. The Bertz CT molecular complexity index is 1880. The third-order valence-electron chi connectivity index (χ3n) is 19.1. The van der Waals surface area contributed by atoms with Crippen LogP contribution in [0.5, 0.6) is 0 Å². The maximum Gasteiger partial charge on any atom is 0.187 e. The molecule has 0 bridgehead atoms. The van der Waals surface area contributed by atoms with Crippen molar-refractivity contribution in [2.45, 2.75) is 220 Å². The third-order valence-corrected chi connectivity index (χ3v) is 19.1. The summed E-state index contributed by atoms with van der Waals surface area (Å²) in [5.41, 5.74) is 1.13. The van der Waals surface area contributed by atoms with Crippen molar-refractivity contribution in [3.63, 3.8) is 0 Å². The van der Waals surface area contributed by atoms with Crippen LogP contribution in [-0.2, 0) is 42.6 Å². The second-order valence-electron chi connectivity index (χ2n) is 23.4. The predicted octanol–water partition coefficient (Wildman–Crippen LogP) is -3.40. The van der Waals surface area contributed by atoms with E-state index in [2.05, 4.69) is 26.8 Å². The Kier molecular flexibility index (Phi) is 17.2. The summed E-state index contributed by atoms with van der Waals surface area (Å²) in [6, 6.07) is 0. The molecule has 23 nitrogen and oxygen atoms in total. The fourth-order valence-electron chi connectivity index (χ4n) is 14.8. The molecule has 3 saturated carbocycles. The molecule has 0 amide bonds. The SMILES string of the molecule is CC(CCC1(O)O[C@H]2C[C@H]3[C@@H]4CC=C5C[C@@H](O[C@@H]6O[C@H](CO)[C@@H](O[C@@H]7O[C@H](CO)[C@@H](O)[C@H](O[C@@H]8OC[C@H](O)[C@@H](O)[C@@H]8O)[C@H]7O)[C@H](O)[C@H]6O)CC[C@]5(C)[C@H]4CC[C@]3(C)[C@H]2[C@@H]1C)CO[C@@H]1O[C@H](CO)[C@@H](O)[C@H](O)[C@H]1O. The van der Waals surface area contributed by atoms with E-state index in [0.29, 0.717) is 43.4 Å². The molecule has 4 aliphatic carbocycles. The Morgan fingerprint density at radius 2 is 1.30 bits per heavy atom. The van der Waals surface area contributed by atoms with Gasteiger partial charge in [0.05, 0.1) is 45.2 Å². The van der Waals surface area contributed by atoms with Gasteiger partial charge in [-0.2, -0.15) is 0 Å². The molecule has 0 radical (unpaired) electrons. The number of ether oxygens (including phenoxy) is 9. The Hall–Kier alpha value is -1.18. The zero-order valence-corrected chi connectivity index (χ0v) is 42.0. The van der Waals surface area contributed by atoms with E-state index in [9.17, 15) is 71.5 Å². The minimum Gasteiger partial charge on any atom is -0.394 e. The lowest BCUT2D eigenvalue weighted by Gasteiger charge is -2.58. The summed E-state index contributed by atoms with van der Waals surface area (Å²) in [6.45, 7) is 6.48. The van der Waals surface area contributed by atoms with E-state index >= 15 is 0 Å². The summed E-state index contributed by atoms with van der Waals surface area (Å²) in [5, 5.41) is 148. The highest BCUT2D eigenvalue weighted by molar-refractivity contribution is 5.26. The fraction of sp³-hybridized carbons (Fsp3) is 0.960. The molecule has 9 aliphatic rings. The third kappa shape index (κ3) is 10.3. The smallest absolute Gasteiger partial charge is 0.187 e. The van der Waals surface area contributed by atoms with Crippen LogP contribution < -0.4 is 0 Å². The van der Waals surface area contributed by atoms with E-state index in [4.69, 9.17) is 42.6 Å². The Labute approximate surface area is 424 Å². The molecule has 420 valence electrons. The van der Waals surface area contributed by atoms with Crippen LogP contribution >= 0.6 is 0 Å². The molecule has 8 fully saturated rings. The molecule has 0 aromatic heterocycles. The standard InChI is InChI=1S/C50H82O23/c1-20(18-65-44-39(61)36(58)34(56)29(15-51)68-44)7-12-50(64)21(2)32-28(73-50)14-26-24-6-5-22-13-23(8-10-48(22,3)25(24)9-11-49(26,32)4)67-46-40(62)37(59)42(31(17-53)70-46)71-47-41(63)43(35(57)30(16-52)69-47)72-45-38(60)33(55)27(54)19-66-45/h5,20-21,23-47,51-64H,6-19H2,1-4H3/t20?,21-,23-,24+,25-,26-,27-,28-,29+,30+,31+,32-,33+,34+,35+,36-,37+,38-,39+,40+,41+,42+,43-,44+,45-,46+,47-,48-,49-,50?/m0/s1. The monoisotopic (exact) mass is 1050 g/mol. The van der Waals surface area contributed by atoms with E-state index in [1.165, 1.54) is 5.57 Å². The number of fused-ring (bicyclic) bond motifs is 7. The van der Waals surface area contributed by atoms with Crippen molar-refractivity contribution in [2.24, 2.45) is 46.3 Å². The van der Waals surface area contributed by atoms with Gasteiger partial charge in [0.1, 0.15) is 91.6 Å². The van der Waals surface area contributed by atoms with Gasteiger partial charge in [0.25, 0.3) is 0 Å². The molecule has 0 aromatic carbocycles. The van der Waals surface area contributed by atoms with Crippen molar-refractivity contribution in [1.29, 1.82) is 0 Å². The summed E-state index contributed by atoms with van der Waals surface area (Å²) in [6.07, 6.45) is -20.6. The molecule has 30 atom stereocenters. The van der Waals surface area contributed by atoms with Gasteiger partial charge in [-0.15, -0.1) is 0 Å². The van der Waals surface area contributed by atoms with Gasteiger partial charge in [-0.25, -0.2) is 0 Å². The second kappa shape index (κ2) is 22.2. The van der Waals surface area contributed by atoms with Crippen molar-refractivity contribution in [3.05, 3.63) is 11.6 Å². The molecule has 5 heterocycles. The first-order valence-electron chi connectivity index (χ1n) is 26.5. The van der Waals surface area contributed by atoms with Gasteiger partial charge in [0.2, 0.25) is 0 Å². The van der Waals surface area contributed by atoms with Crippen molar-refractivity contribution < 1.29 is 114 Å². The molecule has 9 rings (SSSR count). The van der Waals surface area contributed by atoms with Gasteiger partial charge in [-0.3, -0.25) is 0 Å². The highest BCUT2D eigenvalue weighted by Gasteiger charge is 2.68. The normalized spacial score (nSPS) is 54.5. The number of rotatable bonds is 15. The van der Waals surface area contributed by atoms with Gasteiger partial charge in [-0.1, -0.05) is 39.3 Å². The van der Waals surface area contributed by atoms with Crippen LogP contribution in [0, 0.1) is 46.3 Å². The summed E-state index contributed by atoms with van der Waals surface area (Å²) in [7, 11) is 0. The first kappa shape index (κ1) is 56.5. The maximum absolute atomic E-state index is 12.1. The Morgan fingerprint density at radius 1 is 0.671 bits per heavy atom. The van der Waals surface area contributed by atoms with Gasteiger partial charge >= 0.3 is 0 Å². The Balaban J connectivity index is 0.784. The highest BCUT2D eigenvalue weighted by atomic mass is 16.8. The minimum atomic E-state index is -1.87. The average Bonchev–Trinajstić information content (AvgIpc) is 3.81. The zero-order chi connectivity index (χ0) is 52.6. The maximum atomic E-state index is 12.1. The van der Waals surface area contributed by atoms with E-state index in [1.54, 1.807) is 0 Å². The lowest BCUT2D eigenvalue weighted by atomic mass is 9.47. The van der Waals surface area contributed by atoms with Crippen LogP contribution in [0.1, 0.15) is 85.5 Å². The van der Waals surface area contributed by atoms with Crippen LogP contribution in [0.4, 0.5) is 0 Å². The average molecular weight is 1050 g/mol. The summed E-state index contributed by atoms with van der Waals surface area (Å²) >= 11 is 0. The largest absolute Gasteiger partial charge is 0.394 e. The molecule has 23 heteroatoms. The molecular weight excluding hydrogens is 969 g/mol. The van der Waals surface area contributed by atoms with Gasteiger partial charge in [0, 0.05) is 12.3 Å². The summed E-state index contributed by atoms with van der Waals surface area (Å²) in [4.78, 5) is 0. The van der Waals surface area contributed by atoms with Crippen molar-refractivity contribution in [2.75, 3.05) is 33.0 Å². The molecular formula is C50H82O23. The van der Waals surface area contributed by atoms with E-state index in [-0.39, 0.29) is 41.3 Å². The first-order valence-corrected chi connectivity index (χ1v) is 26.5. The first-order chi connectivity index (χ1) is 34.6. The van der Waals surface area contributed by atoms with Gasteiger partial charge < -0.3 is 114 Å². The van der Waals surface area contributed by atoms with Crippen LogP contribution in [0.25, 0.3) is 0 Å². The zero-order valence-electron chi connectivity index (χ0n) is 42.0. The number of allylic oxidation sites excluding steroid dienone is 1. The molecule has 0 aromatic rings. The van der Waals surface area contributed by atoms with E-state index in [0.717, 1.165) is 32.1 Å². The minimum absolute atomic E-state index is 0.0442. The van der Waals surface area contributed by atoms with E-state index < -0.39 is 155 Å². The van der Waals surface area contributed by atoms with Crippen LogP contribution in [0.15, 0.2) is 11.6 Å². The predicted molar refractivity (Wildman–Crippen MR) is 246 cm³/mol. The van der Waals surface area contributed by atoms with Gasteiger partial charge in [0.15, 0.2) is 30.9 Å². The van der Waals surface area contributed by atoms with Crippen LogP contribution in [-0.4, -0.2) is 239 Å². The summed E-state index contributed by atoms with van der Waals surface area (Å²) in [5.74, 6) is -0.142. The molecule has 5 aliphatic heterocycles.